The molecule has 3 heterocycles. The quantitative estimate of drug-likeness (QED) is 0.470. The van der Waals surface area contributed by atoms with E-state index in [0.29, 0.717) is 0 Å². The minimum Gasteiger partial charge on any atom is -0.399 e. The first kappa shape index (κ1) is 24.1. The third-order valence-electron chi connectivity index (χ3n) is 8.09. The van der Waals surface area contributed by atoms with E-state index in [1.807, 2.05) is 0 Å². The van der Waals surface area contributed by atoms with E-state index in [1.165, 1.54) is 26.1 Å². The van der Waals surface area contributed by atoms with Crippen LogP contribution in [0.3, 0.4) is 0 Å². The van der Waals surface area contributed by atoms with Gasteiger partial charge >= 0.3 is 14.2 Å². The second-order valence-electron chi connectivity index (χ2n) is 11.6. The summed E-state index contributed by atoms with van der Waals surface area (Å²) in [5, 5.41) is 1.23. The van der Waals surface area contributed by atoms with E-state index in [9.17, 15) is 0 Å². The van der Waals surface area contributed by atoms with E-state index < -0.39 is 0 Å². The molecular weight excluding hydrogens is 442 g/mol. The molecule has 34 heavy (non-hydrogen) atoms. The van der Waals surface area contributed by atoms with Crippen LogP contribution in [-0.4, -0.2) is 36.6 Å². The van der Waals surface area contributed by atoms with Gasteiger partial charge in [0.05, 0.1) is 22.4 Å². The molecule has 0 saturated carbocycles. The van der Waals surface area contributed by atoms with Gasteiger partial charge in [-0.1, -0.05) is 36.4 Å². The minimum absolute atomic E-state index is 0.347. The number of fused-ring (bicyclic) bond motifs is 1. The second-order valence-corrected chi connectivity index (χ2v) is 12.9. The fraction of sp³-hybridized carbons (Fsp3) is 0.481. The Morgan fingerprint density at radius 3 is 1.68 bits per heavy atom. The van der Waals surface area contributed by atoms with Crippen molar-refractivity contribution < 1.29 is 18.6 Å². The molecule has 1 aromatic heterocycles. The summed E-state index contributed by atoms with van der Waals surface area (Å²) in [5.41, 5.74) is 3.10. The molecule has 7 heteroatoms. The summed E-state index contributed by atoms with van der Waals surface area (Å²) in [7, 11) is -0.724. The van der Waals surface area contributed by atoms with Crippen LogP contribution in [0.4, 0.5) is 0 Å². The Morgan fingerprint density at radius 2 is 1.15 bits per heavy atom. The van der Waals surface area contributed by atoms with E-state index in [4.69, 9.17) is 18.6 Å². The van der Waals surface area contributed by atoms with Gasteiger partial charge in [0.25, 0.3) is 0 Å². The molecule has 2 aliphatic heterocycles. The molecule has 2 aromatic carbocycles. The van der Waals surface area contributed by atoms with Crippen LogP contribution in [0, 0.1) is 6.92 Å². The number of hydrogen-bond acceptors (Lipinski definition) is 5. The highest BCUT2D eigenvalue weighted by Gasteiger charge is 2.53. The molecule has 0 bridgehead atoms. The lowest BCUT2D eigenvalue weighted by Crippen LogP contribution is -2.41. The first-order valence-electron chi connectivity index (χ1n) is 12.1. The van der Waals surface area contributed by atoms with Crippen LogP contribution in [0.5, 0.6) is 0 Å². The monoisotopic (exact) mass is 476 g/mol. The highest BCUT2D eigenvalue weighted by atomic mass is 32.1. The Kier molecular flexibility index (Phi) is 5.44. The predicted molar refractivity (Wildman–Crippen MR) is 143 cm³/mol. The first-order valence-corrected chi connectivity index (χ1v) is 12.9. The van der Waals surface area contributed by atoms with Crippen molar-refractivity contribution in [2.45, 2.75) is 84.7 Å². The van der Waals surface area contributed by atoms with Crippen molar-refractivity contribution in [3.05, 3.63) is 47.3 Å². The van der Waals surface area contributed by atoms with Crippen LogP contribution in [0.2, 0.25) is 0 Å². The average Bonchev–Trinajstić information content (AvgIpc) is 3.29. The van der Waals surface area contributed by atoms with Crippen molar-refractivity contribution in [3.63, 3.8) is 0 Å². The summed E-state index contributed by atoms with van der Waals surface area (Å²) in [6, 6.07) is 15.2. The van der Waals surface area contributed by atoms with Gasteiger partial charge in [-0.25, -0.2) is 0 Å². The van der Waals surface area contributed by atoms with Crippen LogP contribution >= 0.6 is 11.3 Å². The Morgan fingerprint density at radius 1 is 0.647 bits per heavy atom. The molecule has 2 aliphatic rings. The van der Waals surface area contributed by atoms with E-state index >= 15 is 0 Å². The van der Waals surface area contributed by atoms with Crippen LogP contribution < -0.4 is 10.9 Å². The maximum Gasteiger partial charge on any atom is 0.496 e. The smallest absolute Gasteiger partial charge is 0.399 e. The van der Waals surface area contributed by atoms with E-state index in [0.717, 1.165) is 10.9 Å². The highest BCUT2D eigenvalue weighted by molar-refractivity contribution is 7.20. The number of aryl methyl sites for hydroxylation is 1. The zero-order valence-corrected chi connectivity index (χ0v) is 22.6. The molecule has 178 valence electrons. The molecule has 3 aromatic rings. The molecule has 4 nitrogen and oxygen atoms in total. The van der Waals surface area contributed by atoms with Gasteiger partial charge in [0.2, 0.25) is 0 Å². The number of rotatable bonds is 3. The van der Waals surface area contributed by atoms with Crippen LogP contribution in [-0.2, 0) is 18.6 Å². The van der Waals surface area contributed by atoms with Crippen LogP contribution in [0.25, 0.3) is 21.2 Å². The Balaban J connectivity index is 1.48. The maximum absolute atomic E-state index is 6.38. The van der Waals surface area contributed by atoms with Gasteiger partial charge in [-0.15, -0.1) is 11.3 Å². The SMILES string of the molecule is Cc1cc2c(-c3ccc(B4OC(C)(C)C(C)(C)O4)cc3)ccc(B3OC(C)(C)C(C)(C)O3)c2s1. The van der Waals surface area contributed by atoms with Crippen molar-refractivity contribution in [1.82, 2.24) is 0 Å². The molecule has 2 saturated heterocycles. The second kappa shape index (κ2) is 7.68. The topological polar surface area (TPSA) is 36.9 Å². The Labute approximate surface area is 208 Å². The predicted octanol–water partition coefficient (Wildman–Crippen LogP) is 5.48. The van der Waals surface area contributed by atoms with Gasteiger partial charge < -0.3 is 18.6 Å². The Bertz CT molecular complexity index is 1210. The normalized spacial score (nSPS) is 22.6. The summed E-state index contributed by atoms with van der Waals surface area (Å²) < 4.78 is 26.4. The van der Waals surface area contributed by atoms with Gasteiger partial charge in [0.1, 0.15) is 0 Å². The van der Waals surface area contributed by atoms with Crippen molar-refractivity contribution >= 4 is 46.6 Å². The summed E-state index contributed by atoms with van der Waals surface area (Å²) in [4.78, 5) is 1.27. The van der Waals surface area contributed by atoms with E-state index in [-0.39, 0.29) is 36.6 Å². The summed E-state index contributed by atoms with van der Waals surface area (Å²) in [5.74, 6) is 0. The molecule has 0 N–H and O–H groups in total. The van der Waals surface area contributed by atoms with Gasteiger partial charge in [-0.05, 0) is 85.0 Å². The van der Waals surface area contributed by atoms with Crippen molar-refractivity contribution in [2.24, 2.45) is 0 Å². The highest BCUT2D eigenvalue weighted by Crippen LogP contribution is 2.40. The maximum atomic E-state index is 6.38. The molecule has 0 atom stereocenters. The fourth-order valence-corrected chi connectivity index (χ4v) is 5.53. The van der Waals surface area contributed by atoms with Crippen molar-refractivity contribution in [2.75, 3.05) is 0 Å². The molecule has 0 spiro atoms. The number of benzene rings is 2. The summed E-state index contributed by atoms with van der Waals surface area (Å²) >= 11 is 1.80. The van der Waals surface area contributed by atoms with E-state index in [2.05, 4.69) is 105 Å². The third kappa shape index (κ3) is 3.77. The zero-order chi connectivity index (χ0) is 24.7. The van der Waals surface area contributed by atoms with Gasteiger partial charge in [0, 0.05) is 20.4 Å². The molecule has 0 radical (unpaired) electrons. The van der Waals surface area contributed by atoms with Crippen molar-refractivity contribution in [1.29, 1.82) is 0 Å². The number of thiophene rings is 1. The number of hydrogen-bond donors (Lipinski definition) is 0. The Hall–Kier alpha value is -1.63. The third-order valence-corrected chi connectivity index (χ3v) is 9.19. The molecule has 0 amide bonds. The van der Waals surface area contributed by atoms with Gasteiger partial charge in [-0.2, -0.15) is 0 Å². The fourth-order valence-electron chi connectivity index (χ4n) is 4.47. The first-order chi connectivity index (χ1) is 15.7. The summed E-state index contributed by atoms with van der Waals surface area (Å²) in [6.07, 6.45) is 0. The van der Waals surface area contributed by atoms with Crippen LogP contribution in [0.1, 0.15) is 60.3 Å². The molecule has 0 aliphatic carbocycles. The van der Waals surface area contributed by atoms with Gasteiger partial charge in [0.15, 0.2) is 0 Å². The van der Waals surface area contributed by atoms with Crippen LogP contribution in [0.15, 0.2) is 42.5 Å². The summed E-state index contributed by atoms with van der Waals surface area (Å²) in [6.45, 7) is 18.9. The van der Waals surface area contributed by atoms with E-state index in [1.54, 1.807) is 11.3 Å². The largest absolute Gasteiger partial charge is 0.496 e. The lowest BCUT2D eigenvalue weighted by molar-refractivity contribution is 0.00578. The molecular formula is C27H34B2O4S. The standard InChI is InChI=1S/C27H34B2O4S/c1-17-16-21-20(14-15-22(23(21)34-17)29-32-26(6,7)27(8,9)33-29)18-10-12-19(13-11-18)28-30-24(2,3)25(4,5)31-28/h10-16H,1-9H3. The zero-order valence-electron chi connectivity index (χ0n) is 21.7. The molecule has 2 fully saturated rings. The minimum atomic E-state index is -0.370. The average molecular weight is 476 g/mol. The molecule has 5 rings (SSSR count). The lowest BCUT2D eigenvalue weighted by Gasteiger charge is -2.32. The van der Waals surface area contributed by atoms with Crippen molar-refractivity contribution in [3.8, 4) is 11.1 Å². The van der Waals surface area contributed by atoms with Gasteiger partial charge in [-0.3, -0.25) is 0 Å². The molecule has 0 unspecified atom stereocenters. The lowest BCUT2D eigenvalue weighted by atomic mass is 9.76.